The quantitative estimate of drug-likeness (QED) is 0.697. The van der Waals surface area contributed by atoms with Gasteiger partial charge in [-0.1, -0.05) is 26.7 Å². The van der Waals surface area contributed by atoms with E-state index in [1.807, 2.05) is 31.1 Å². The van der Waals surface area contributed by atoms with Gasteiger partial charge in [0.05, 0.1) is 5.56 Å². The van der Waals surface area contributed by atoms with Crippen molar-refractivity contribution in [2.45, 2.75) is 39.5 Å². The van der Waals surface area contributed by atoms with Gasteiger partial charge in [-0.25, -0.2) is 0 Å². The SMILES string of the molecule is CCN(CC)CCNC(=O)c1cc(NC(=O)C2CCCC2)ccc1N(C)C. The summed E-state index contributed by atoms with van der Waals surface area (Å²) in [5.41, 5.74) is 2.12. The second-order valence-electron chi connectivity index (χ2n) is 7.38. The van der Waals surface area contributed by atoms with Crippen molar-refractivity contribution in [3.05, 3.63) is 23.8 Å². The molecule has 1 aromatic carbocycles. The molecule has 0 bridgehead atoms. The molecule has 2 N–H and O–H groups in total. The molecule has 0 atom stereocenters. The molecule has 0 spiro atoms. The fourth-order valence-corrected chi connectivity index (χ4v) is 3.58. The number of hydrogen-bond acceptors (Lipinski definition) is 4. The van der Waals surface area contributed by atoms with E-state index in [0.29, 0.717) is 17.8 Å². The van der Waals surface area contributed by atoms with E-state index >= 15 is 0 Å². The molecule has 2 amide bonds. The van der Waals surface area contributed by atoms with Crippen LogP contribution in [0.1, 0.15) is 49.9 Å². The second-order valence-corrected chi connectivity index (χ2v) is 7.38. The lowest BCUT2D eigenvalue weighted by Crippen LogP contribution is -2.35. The van der Waals surface area contributed by atoms with Gasteiger partial charge in [-0.15, -0.1) is 0 Å². The third-order valence-corrected chi connectivity index (χ3v) is 5.32. The number of hydrogen-bond donors (Lipinski definition) is 2. The number of anilines is 2. The third kappa shape index (κ3) is 5.96. The van der Waals surface area contributed by atoms with Gasteiger partial charge in [0.1, 0.15) is 0 Å². The van der Waals surface area contributed by atoms with Crippen LogP contribution in [0.3, 0.4) is 0 Å². The third-order valence-electron chi connectivity index (χ3n) is 5.32. The summed E-state index contributed by atoms with van der Waals surface area (Å²) in [6, 6.07) is 5.55. The van der Waals surface area contributed by atoms with Crippen LogP contribution in [-0.4, -0.2) is 57.0 Å². The lowest BCUT2D eigenvalue weighted by atomic mass is 10.1. The van der Waals surface area contributed by atoms with E-state index in [-0.39, 0.29) is 17.7 Å². The van der Waals surface area contributed by atoms with E-state index in [2.05, 4.69) is 29.4 Å². The van der Waals surface area contributed by atoms with Gasteiger partial charge in [0, 0.05) is 44.5 Å². The number of carbonyl (C=O) groups is 2. The molecule has 27 heavy (non-hydrogen) atoms. The van der Waals surface area contributed by atoms with Crippen LogP contribution in [0, 0.1) is 5.92 Å². The summed E-state index contributed by atoms with van der Waals surface area (Å²) in [5, 5.41) is 6.00. The molecule has 0 unspecified atom stereocenters. The molecule has 0 aliphatic heterocycles. The molecular weight excluding hydrogens is 340 g/mol. The number of nitrogens with zero attached hydrogens (tertiary/aromatic N) is 2. The average molecular weight is 375 g/mol. The molecule has 0 aromatic heterocycles. The summed E-state index contributed by atoms with van der Waals surface area (Å²) in [7, 11) is 3.83. The van der Waals surface area contributed by atoms with E-state index in [1.165, 1.54) is 0 Å². The number of benzene rings is 1. The molecule has 6 nitrogen and oxygen atoms in total. The molecule has 1 aliphatic carbocycles. The van der Waals surface area contributed by atoms with E-state index in [1.54, 1.807) is 6.07 Å². The Morgan fingerprint density at radius 2 is 1.78 bits per heavy atom. The molecule has 0 heterocycles. The Morgan fingerprint density at radius 3 is 2.37 bits per heavy atom. The minimum atomic E-state index is -0.108. The van der Waals surface area contributed by atoms with Crippen molar-refractivity contribution in [1.82, 2.24) is 10.2 Å². The van der Waals surface area contributed by atoms with Crippen molar-refractivity contribution in [2.24, 2.45) is 5.92 Å². The second kappa shape index (κ2) is 10.3. The zero-order chi connectivity index (χ0) is 19.8. The van der Waals surface area contributed by atoms with Crippen molar-refractivity contribution in [3.63, 3.8) is 0 Å². The zero-order valence-corrected chi connectivity index (χ0v) is 17.2. The Bertz CT molecular complexity index is 635. The monoisotopic (exact) mass is 374 g/mol. The maximum absolute atomic E-state index is 12.8. The molecule has 150 valence electrons. The minimum absolute atomic E-state index is 0.0676. The Hall–Kier alpha value is -2.08. The number of carbonyl (C=O) groups excluding carboxylic acids is 2. The fraction of sp³-hybridized carbons (Fsp3) is 0.619. The lowest BCUT2D eigenvalue weighted by Gasteiger charge is -2.21. The van der Waals surface area contributed by atoms with Crippen LogP contribution < -0.4 is 15.5 Å². The molecule has 1 aliphatic rings. The summed E-state index contributed by atoms with van der Waals surface area (Å²) >= 11 is 0. The van der Waals surface area contributed by atoms with Gasteiger partial charge < -0.3 is 20.4 Å². The first-order chi connectivity index (χ1) is 13.0. The Kier molecular flexibility index (Phi) is 8.10. The molecule has 1 aromatic rings. The van der Waals surface area contributed by atoms with Crippen molar-refractivity contribution in [3.8, 4) is 0 Å². The van der Waals surface area contributed by atoms with E-state index in [9.17, 15) is 9.59 Å². The summed E-state index contributed by atoms with van der Waals surface area (Å²) < 4.78 is 0. The smallest absolute Gasteiger partial charge is 0.253 e. The maximum atomic E-state index is 12.8. The minimum Gasteiger partial charge on any atom is -0.377 e. The van der Waals surface area contributed by atoms with Crippen molar-refractivity contribution < 1.29 is 9.59 Å². The largest absolute Gasteiger partial charge is 0.377 e. The van der Waals surface area contributed by atoms with Crippen LogP contribution in [0.15, 0.2) is 18.2 Å². The van der Waals surface area contributed by atoms with E-state index < -0.39 is 0 Å². The molecule has 1 fully saturated rings. The summed E-state index contributed by atoms with van der Waals surface area (Å²) in [4.78, 5) is 29.3. The summed E-state index contributed by atoms with van der Waals surface area (Å²) in [6.07, 6.45) is 4.16. The van der Waals surface area contributed by atoms with E-state index in [4.69, 9.17) is 0 Å². The van der Waals surface area contributed by atoms with Gasteiger partial charge in [0.2, 0.25) is 5.91 Å². The molecule has 1 saturated carbocycles. The first kappa shape index (κ1) is 21.2. The highest BCUT2D eigenvalue weighted by Gasteiger charge is 2.23. The normalized spacial score (nSPS) is 14.4. The first-order valence-electron chi connectivity index (χ1n) is 10.1. The number of likely N-dealkylation sites (N-methyl/N-ethyl adjacent to an activating group) is 1. The average Bonchev–Trinajstić information content (AvgIpc) is 3.19. The number of nitrogens with one attached hydrogen (secondary N) is 2. The predicted octanol–water partition coefficient (Wildman–Crippen LogP) is 2.95. The molecule has 0 saturated heterocycles. The molecular formula is C21H34N4O2. The van der Waals surface area contributed by atoms with E-state index in [0.717, 1.165) is 51.0 Å². The molecule has 2 rings (SSSR count). The Labute approximate surface area is 163 Å². The van der Waals surface area contributed by atoms with Crippen molar-refractivity contribution in [1.29, 1.82) is 0 Å². The highest BCUT2D eigenvalue weighted by molar-refractivity contribution is 6.02. The highest BCUT2D eigenvalue weighted by atomic mass is 16.2. The topological polar surface area (TPSA) is 64.7 Å². The molecule has 6 heteroatoms. The van der Waals surface area contributed by atoms with Crippen molar-refractivity contribution in [2.75, 3.05) is 50.5 Å². The Morgan fingerprint density at radius 1 is 1.11 bits per heavy atom. The van der Waals surface area contributed by atoms with Crippen LogP contribution >= 0.6 is 0 Å². The van der Waals surface area contributed by atoms with Gasteiger partial charge in [0.25, 0.3) is 5.91 Å². The van der Waals surface area contributed by atoms with Gasteiger partial charge in [0.15, 0.2) is 0 Å². The lowest BCUT2D eigenvalue weighted by molar-refractivity contribution is -0.119. The Balaban J connectivity index is 2.07. The highest BCUT2D eigenvalue weighted by Crippen LogP contribution is 2.27. The first-order valence-corrected chi connectivity index (χ1v) is 10.1. The number of rotatable bonds is 9. The van der Waals surface area contributed by atoms with Gasteiger partial charge in [-0.3, -0.25) is 9.59 Å². The van der Waals surface area contributed by atoms with Crippen LogP contribution in [0.2, 0.25) is 0 Å². The van der Waals surface area contributed by atoms with Crippen LogP contribution in [0.5, 0.6) is 0 Å². The zero-order valence-electron chi connectivity index (χ0n) is 17.2. The van der Waals surface area contributed by atoms with Gasteiger partial charge >= 0.3 is 0 Å². The fourth-order valence-electron chi connectivity index (χ4n) is 3.58. The van der Waals surface area contributed by atoms with Crippen LogP contribution in [0.4, 0.5) is 11.4 Å². The van der Waals surface area contributed by atoms with Gasteiger partial charge in [-0.2, -0.15) is 0 Å². The maximum Gasteiger partial charge on any atom is 0.253 e. The summed E-state index contributed by atoms with van der Waals surface area (Å²) in [5.74, 6) is 0.0608. The van der Waals surface area contributed by atoms with Crippen LogP contribution in [0.25, 0.3) is 0 Å². The van der Waals surface area contributed by atoms with Gasteiger partial charge in [-0.05, 0) is 44.1 Å². The van der Waals surface area contributed by atoms with Crippen molar-refractivity contribution >= 4 is 23.2 Å². The summed E-state index contributed by atoms with van der Waals surface area (Å²) in [6.45, 7) is 7.61. The van der Waals surface area contributed by atoms with Crippen LogP contribution in [-0.2, 0) is 4.79 Å². The molecule has 0 radical (unpaired) electrons. The standard InChI is InChI=1S/C21H34N4O2/c1-5-25(6-2)14-13-22-21(27)18-15-17(11-12-19(18)24(3)4)23-20(26)16-9-7-8-10-16/h11-12,15-16H,5-10,13-14H2,1-4H3,(H,22,27)(H,23,26). The number of amides is 2. The predicted molar refractivity (Wildman–Crippen MR) is 111 cm³/mol.